The van der Waals surface area contributed by atoms with Crippen molar-refractivity contribution in [1.82, 2.24) is 4.90 Å². The molecule has 2 amide bonds. The zero-order valence-corrected chi connectivity index (χ0v) is 16.8. The summed E-state index contributed by atoms with van der Waals surface area (Å²) in [7, 11) is 0. The number of para-hydroxylation sites is 2. The van der Waals surface area contributed by atoms with E-state index in [1.54, 1.807) is 36.4 Å². The van der Waals surface area contributed by atoms with Crippen LogP contribution in [0.25, 0.3) is 0 Å². The lowest BCUT2D eigenvalue weighted by Crippen LogP contribution is -2.37. The molecule has 1 fully saturated rings. The molecule has 1 saturated heterocycles. The van der Waals surface area contributed by atoms with Crippen molar-refractivity contribution in [3.05, 3.63) is 63.7 Å². The van der Waals surface area contributed by atoms with Gasteiger partial charge >= 0.3 is 0 Å². The number of nitro benzene ring substituents is 1. The molecule has 2 N–H and O–H groups in total. The first-order chi connectivity index (χ1) is 14.0. The van der Waals surface area contributed by atoms with Crippen molar-refractivity contribution < 1.29 is 14.5 Å². The smallest absolute Gasteiger partial charge is 0.292 e. The van der Waals surface area contributed by atoms with Crippen molar-refractivity contribution in [3.63, 3.8) is 0 Å². The predicted octanol–water partition coefficient (Wildman–Crippen LogP) is 3.14. The third-order valence-corrected chi connectivity index (χ3v) is 5.53. The van der Waals surface area contributed by atoms with Gasteiger partial charge in [0.25, 0.3) is 11.6 Å². The fourth-order valence-electron chi connectivity index (χ4n) is 3.04. The molecule has 0 saturated carbocycles. The average Bonchev–Trinajstić information content (AvgIpc) is 2.74. The number of hydrogen-bond acceptors (Lipinski definition) is 6. The molecule has 0 aromatic heterocycles. The summed E-state index contributed by atoms with van der Waals surface area (Å²) in [5.74, 6) is 1.57. The monoisotopic (exact) mass is 414 g/mol. The van der Waals surface area contributed by atoms with Crippen LogP contribution in [0.2, 0.25) is 0 Å². The zero-order chi connectivity index (χ0) is 20.8. The number of nitrogens with zero attached hydrogens (tertiary/aromatic N) is 2. The van der Waals surface area contributed by atoms with Crippen LogP contribution in [0.3, 0.4) is 0 Å². The molecule has 8 nitrogen and oxygen atoms in total. The van der Waals surface area contributed by atoms with Crippen molar-refractivity contribution in [2.75, 3.05) is 41.8 Å². The second-order valence-electron chi connectivity index (χ2n) is 6.61. The van der Waals surface area contributed by atoms with Crippen molar-refractivity contribution in [2.45, 2.75) is 6.92 Å². The molecule has 3 rings (SSSR count). The molecule has 9 heteroatoms. The molecule has 29 heavy (non-hydrogen) atoms. The molecule has 2 aromatic rings. The number of nitro groups is 1. The Morgan fingerprint density at radius 1 is 1.14 bits per heavy atom. The van der Waals surface area contributed by atoms with Gasteiger partial charge in [0.15, 0.2) is 0 Å². The maximum atomic E-state index is 12.6. The summed E-state index contributed by atoms with van der Waals surface area (Å²) < 4.78 is 0. The SMILES string of the molecule is Cc1cc(C(=O)N2CCSCC2)ccc1NC(=O)CNc1ccccc1[N+](=O)[O-]. The van der Waals surface area contributed by atoms with Crippen LogP contribution in [0.1, 0.15) is 15.9 Å². The molecular formula is C20H22N4O4S. The van der Waals surface area contributed by atoms with Crippen LogP contribution >= 0.6 is 11.8 Å². The first-order valence-electron chi connectivity index (χ1n) is 9.20. The molecule has 0 aliphatic carbocycles. The maximum absolute atomic E-state index is 12.6. The Morgan fingerprint density at radius 2 is 1.86 bits per heavy atom. The van der Waals surface area contributed by atoms with Crippen molar-refractivity contribution in [3.8, 4) is 0 Å². The Labute approximate surface area is 172 Å². The third-order valence-electron chi connectivity index (χ3n) is 4.59. The second kappa shape index (κ2) is 9.42. The Balaban J connectivity index is 1.61. The van der Waals surface area contributed by atoms with E-state index in [-0.39, 0.29) is 29.7 Å². The summed E-state index contributed by atoms with van der Waals surface area (Å²) in [4.78, 5) is 37.2. The van der Waals surface area contributed by atoms with Crippen LogP contribution in [0, 0.1) is 17.0 Å². The second-order valence-corrected chi connectivity index (χ2v) is 7.84. The number of hydrogen-bond donors (Lipinski definition) is 2. The van der Waals surface area contributed by atoms with Crippen LogP contribution in [0.5, 0.6) is 0 Å². The highest BCUT2D eigenvalue weighted by atomic mass is 32.2. The number of benzene rings is 2. The highest BCUT2D eigenvalue weighted by molar-refractivity contribution is 7.99. The van der Waals surface area contributed by atoms with E-state index in [9.17, 15) is 19.7 Å². The van der Waals surface area contributed by atoms with E-state index in [2.05, 4.69) is 10.6 Å². The lowest BCUT2D eigenvalue weighted by atomic mass is 10.1. The molecule has 0 unspecified atom stereocenters. The van der Waals surface area contributed by atoms with E-state index >= 15 is 0 Å². The fraction of sp³-hybridized carbons (Fsp3) is 0.300. The normalized spacial score (nSPS) is 13.6. The van der Waals surface area contributed by atoms with Gasteiger partial charge in [-0.3, -0.25) is 19.7 Å². The van der Waals surface area contributed by atoms with Gasteiger partial charge in [0.05, 0.1) is 11.5 Å². The fourth-order valence-corrected chi connectivity index (χ4v) is 3.94. The van der Waals surface area contributed by atoms with Crippen LogP contribution in [0.4, 0.5) is 17.1 Å². The summed E-state index contributed by atoms with van der Waals surface area (Å²) in [6, 6.07) is 11.4. The maximum Gasteiger partial charge on any atom is 0.292 e. The number of amides is 2. The summed E-state index contributed by atoms with van der Waals surface area (Å²) in [5.41, 5.74) is 2.18. The van der Waals surface area contributed by atoms with Gasteiger partial charge in [0.1, 0.15) is 5.69 Å². The molecule has 152 valence electrons. The molecule has 0 bridgehead atoms. The molecule has 0 atom stereocenters. The minimum Gasteiger partial charge on any atom is -0.371 e. The van der Waals surface area contributed by atoms with Crippen LogP contribution in [-0.2, 0) is 4.79 Å². The standard InChI is InChI=1S/C20H22N4O4S/c1-14-12-15(20(26)23-8-10-29-11-9-23)6-7-16(14)22-19(25)13-21-17-4-2-3-5-18(17)24(27)28/h2-7,12,21H,8-11,13H2,1H3,(H,22,25). The van der Waals surface area contributed by atoms with Gasteiger partial charge in [-0.25, -0.2) is 0 Å². The molecule has 2 aromatic carbocycles. The minimum absolute atomic E-state index is 0.00401. The molecule has 1 aliphatic rings. The van der Waals surface area contributed by atoms with E-state index in [1.807, 2.05) is 23.6 Å². The highest BCUT2D eigenvalue weighted by Crippen LogP contribution is 2.23. The number of nitrogens with one attached hydrogen (secondary N) is 2. The lowest BCUT2D eigenvalue weighted by molar-refractivity contribution is -0.383. The molecule has 0 spiro atoms. The van der Waals surface area contributed by atoms with Crippen molar-refractivity contribution >= 4 is 40.6 Å². The number of rotatable bonds is 6. The summed E-state index contributed by atoms with van der Waals surface area (Å²) in [6.07, 6.45) is 0. The van der Waals surface area contributed by atoms with E-state index in [0.717, 1.165) is 30.2 Å². The van der Waals surface area contributed by atoms with Gasteiger partial charge in [0, 0.05) is 41.9 Å². The predicted molar refractivity (Wildman–Crippen MR) is 115 cm³/mol. The van der Waals surface area contributed by atoms with Crippen LogP contribution in [0.15, 0.2) is 42.5 Å². The van der Waals surface area contributed by atoms with Gasteiger partial charge < -0.3 is 15.5 Å². The first-order valence-corrected chi connectivity index (χ1v) is 10.4. The Hall–Kier alpha value is -3.07. The van der Waals surface area contributed by atoms with Gasteiger partial charge in [0.2, 0.25) is 5.91 Å². The van der Waals surface area contributed by atoms with E-state index in [0.29, 0.717) is 11.3 Å². The highest BCUT2D eigenvalue weighted by Gasteiger charge is 2.19. The quantitative estimate of drug-likeness (QED) is 0.556. The first kappa shape index (κ1) is 20.7. The van der Waals surface area contributed by atoms with E-state index in [4.69, 9.17) is 0 Å². The van der Waals surface area contributed by atoms with Gasteiger partial charge in [-0.2, -0.15) is 11.8 Å². The number of carbonyl (C=O) groups excluding carboxylic acids is 2. The van der Waals surface area contributed by atoms with E-state index < -0.39 is 4.92 Å². The Morgan fingerprint density at radius 3 is 2.55 bits per heavy atom. The molecule has 1 heterocycles. The Kier molecular flexibility index (Phi) is 6.71. The summed E-state index contributed by atoms with van der Waals surface area (Å²) in [5, 5.41) is 16.6. The lowest BCUT2D eigenvalue weighted by Gasteiger charge is -2.26. The zero-order valence-electron chi connectivity index (χ0n) is 16.0. The summed E-state index contributed by atoms with van der Waals surface area (Å²) in [6.45, 7) is 3.21. The number of thioether (sulfide) groups is 1. The third kappa shape index (κ3) is 5.26. The number of aryl methyl sites for hydroxylation is 1. The van der Waals surface area contributed by atoms with Crippen LogP contribution in [-0.4, -0.2) is 52.8 Å². The van der Waals surface area contributed by atoms with Crippen molar-refractivity contribution in [2.24, 2.45) is 0 Å². The molecule has 0 radical (unpaired) electrons. The van der Waals surface area contributed by atoms with Gasteiger partial charge in [-0.15, -0.1) is 0 Å². The summed E-state index contributed by atoms with van der Waals surface area (Å²) >= 11 is 1.84. The Bertz CT molecular complexity index is 928. The van der Waals surface area contributed by atoms with Gasteiger partial charge in [-0.05, 0) is 36.8 Å². The largest absolute Gasteiger partial charge is 0.371 e. The topological polar surface area (TPSA) is 105 Å². The average molecular weight is 414 g/mol. The van der Waals surface area contributed by atoms with Crippen molar-refractivity contribution in [1.29, 1.82) is 0 Å². The minimum atomic E-state index is -0.499. The number of anilines is 2. The van der Waals surface area contributed by atoms with E-state index in [1.165, 1.54) is 6.07 Å². The molecular weight excluding hydrogens is 392 g/mol. The van der Waals surface area contributed by atoms with Gasteiger partial charge in [-0.1, -0.05) is 12.1 Å². The number of carbonyl (C=O) groups is 2. The van der Waals surface area contributed by atoms with Crippen LogP contribution < -0.4 is 10.6 Å². The molecule has 1 aliphatic heterocycles.